The second kappa shape index (κ2) is 12.4. The monoisotopic (exact) mass is 332 g/mol. The molecule has 0 heterocycles. The highest BCUT2D eigenvalue weighted by Gasteiger charge is 2.03. The third kappa shape index (κ3) is 9.18. The number of unbranched alkanes of at least 4 members (excludes halogenated alkanes) is 1. The van der Waals surface area contributed by atoms with Gasteiger partial charge in [0.2, 0.25) is 0 Å². The van der Waals surface area contributed by atoms with E-state index in [1.807, 2.05) is 30.3 Å². The van der Waals surface area contributed by atoms with Crippen LogP contribution < -0.4 is 16.0 Å². The lowest BCUT2D eigenvalue weighted by Gasteiger charge is -2.12. The van der Waals surface area contributed by atoms with Gasteiger partial charge in [0.15, 0.2) is 5.96 Å². The summed E-state index contributed by atoms with van der Waals surface area (Å²) in [6.45, 7) is 6.87. The van der Waals surface area contributed by atoms with Crippen molar-refractivity contribution < 1.29 is 4.79 Å². The van der Waals surface area contributed by atoms with Crippen molar-refractivity contribution in [2.45, 2.75) is 39.5 Å². The summed E-state index contributed by atoms with van der Waals surface area (Å²) < 4.78 is 0. The Bertz CT molecular complexity index is 485. The first-order valence-electron chi connectivity index (χ1n) is 8.91. The maximum atomic E-state index is 11.9. The molecule has 24 heavy (non-hydrogen) atoms. The lowest BCUT2D eigenvalue weighted by molar-refractivity contribution is 0.0953. The molecule has 1 amide bonds. The molecule has 1 aromatic rings. The molecule has 0 saturated carbocycles. The van der Waals surface area contributed by atoms with Gasteiger partial charge in [0.25, 0.3) is 5.91 Å². The fourth-order valence-electron chi connectivity index (χ4n) is 2.29. The lowest BCUT2D eigenvalue weighted by atomic mass is 10.1. The summed E-state index contributed by atoms with van der Waals surface area (Å²) in [4.78, 5) is 16.1. The van der Waals surface area contributed by atoms with Crippen LogP contribution >= 0.6 is 0 Å². The van der Waals surface area contributed by atoms with Crippen molar-refractivity contribution in [2.75, 3.05) is 26.7 Å². The Hall–Kier alpha value is -2.04. The smallest absolute Gasteiger partial charge is 0.251 e. The second-order valence-corrected chi connectivity index (χ2v) is 6.29. The third-order valence-corrected chi connectivity index (χ3v) is 3.69. The van der Waals surface area contributed by atoms with Crippen LogP contribution in [0.2, 0.25) is 0 Å². The van der Waals surface area contributed by atoms with E-state index in [1.165, 1.54) is 12.8 Å². The lowest BCUT2D eigenvalue weighted by Crippen LogP contribution is -2.39. The van der Waals surface area contributed by atoms with Crippen molar-refractivity contribution >= 4 is 11.9 Å². The molecule has 0 aliphatic heterocycles. The molecule has 0 spiro atoms. The topological polar surface area (TPSA) is 65.5 Å². The Balaban J connectivity index is 2.07. The summed E-state index contributed by atoms with van der Waals surface area (Å²) in [5.41, 5.74) is 0.698. The van der Waals surface area contributed by atoms with Crippen LogP contribution in [0.3, 0.4) is 0 Å². The average molecular weight is 332 g/mol. The Morgan fingerprint density at radius 1 is 0.958 bits per heavy atom. The largest absolute Gasteiger partial charge is 0.356 e. The van der Waals surface area contributed by atoms with E-state index in [2.05, 4.69) is 34.8 Å². The average Bonchev–Trinajstić information content (AvgIpc) is 2.59. The van der Waals surface area contributed by atoms with Crippen molar-refractivity contribution in [3.05, 3.63) is 35.9 Å². The molecule has 0 fully saturated rings. The van der Waals surface area contributed by atoms with Crippen molar-refractivity contribution in [1.82, 2.24) is 16.0 Å². The van der Waals surface area contributed by atoms with Crippen molar-refractivity contribution in [2.24, 2.45) is 10.9 Å². The number of hydrogen-bond donors (Lipinski definition) is 3. The number of amides is 1. The van der Waals surface area contributed by atoms with Gasteiger partial charge in [0, 0.05) is 32.2 Å². The van der Waals surface area contributed by atoms with Gasteiger partial charge in [-0.3, -0.25) is 9.79 Å². The number of nitrogens with zero attached hydrogens (tertiary/aromatic N) is 1. The maximum absolute atomic E-state index is 11.9. The van der Waals surface area contributed by atoms with Gasteiger partial charge in [0.05, 0.1) is 0 Å². The summed E-state index contributed by atoms with van der Waals surface area (Å²) in [6.07, 6.45) is 4.53. The molecule has 0 radical (unpaired) electrons. The van der Waals surface area contributed by atoms with Crippen molar-refractivity contribution in [1.29, 1.82) is 0 Å². The van der Waals surface area contributed by atoms with Crippen molar-refractivity contribution in [3.8, 4) is 0 Å². The molecule has 5 heteroatoms. The Kier molecular flexibility index (Phi) is 10.3. The summed E-state index contributed by atoms with van der Waals surface area (Å²) >= 11 is 0. The number of carbonyl (C=O) groups excluding carboxylic acids is 1. The van der Waals surface area contributed by atoms with Crippen LogP contribution in [0, 0.1) is 5.92 Å². The number of rotatable bonds is 10. The molecular formula is C19H32N4O. The molecule has 0 aliphatic carbocycles. The number of guanidine groups is 1. The molecule has 0 aromatic heterocycles. The van der Waals surface area contributed by atoms with E-state index in [9.17, 15) is 4.79 Å². The fraction of sp³-hybridized carbons (Fsp3) is 0.579. The van der Waals surface area contributed by atoms with Gasteiger partial charge in [-0.2, -0.15) is 0 Å². The predicted octanol–water partition coefficient (Wildman–Crippen LogP) is 2.80. The van der Waals surface area contributed by atoms with E-state index in [4.69, 9.17) is 0 Å². The number of carbonyl (C=O) groups is 1. The zero-order chi connectivity index (χ0) is 17.6. The molecular weight excluding hydrogens is 300 g/mol. The van der Waals surface area contributed by atoms with Crippen LogP contribution in [0.1, 0.15) is 49.9 Å². The minimum absolute atomic E-state index is 0.0248. The number of aliphatic imine (C=N–C) groups is 1. The Morgan fingerprint density at radius 2 is 1.58 bits per heavy atom. The van der Waals surface area contributed by atoms with E-state index in [1.54, 1.807) is 7.05 Å². The Morgan fingerprint density at radius 3 is 2.21 bits per heavy atom. The van der Waals surface area contributed by atoms with Crippen LogP contribution in [-0.2, 0) is 0 Å². The summed E-state index contributed by atoms with van der Waals surface area (Å²) in [7, 11) is 1.78. The molecule has 1 aromatic carbocycles. The summed E-state index contributed by atoms with van der Waals surface area (Å²) in [6, 6.07) is 9.28. The van der Waals surface area contributed by atoms with E-state index < -0.39 is 0 Å². The van der Waals surface area contributed by atoms with Crippen molar-refractivity contribution in [3.63, 3.8) is 0 Å². The summed E-state index contributed by atoms with van der Waals surface area (Å²) in [5, 5.41) is 9.51. The zero-order valence-electron chi connectivity index (χ0n) is 15.3. The van der Waals surface area contributed by atoms with E-state index in [0.29, 0.717) is 12.1 Å². The molecule has 0 unspecified atom stereocenters. The zero-order valence-corrected chi connectivity index (χ0v) is 15.3. The third-order valence-electron chi connectivity index (χ3n) is 3.69. The number of nitrogens with one attached hydrogen (secondary N) is 3. The molecule has 1 rings (SSSR count). The van der Waals surface area contributed by atoms with Crippen LogP contribution in [-0.4, -0.2) is 38.5 Å². The highest BCUT2D eigenvalue weighted by atomic mass is 16.1. The first kappa shape index (κ1) is 20.0. The SMILES string of the molecule is CN=C(NCCCCC(C)C)NCCCNC(=O)c1ccccc1. The molecule has 0 saturated heterocycles. The second-order valence-electron chi connectivity index (χ2n) is 6.29. The first-order chi connectivity index (χ1) is 11.6. The first-order valence-corrected chi connectivity index (χ1v) is 8.91. The quantitative estimate of drug-likeness (QED) is 0.351. The maximum Gasteiger partial charge on any atom is 0.251 e. The van der Waals surface area contributed by atoms with E-state index in [-0.39, 0.29) is 5.91 Å². The van der Waals surface area contributed by atoms with Crippen LogP contribution in [0.25, 0.3) is 0 Å². The minimum Gasteiger partial charge on any atom is -0.356 e. The van der Waals surface area contributed by atoms with Gasteiger partial charge < -0.3 is 16.0 Å². The van der Waals surface area contributed by atoms with E-state index in [0.717, 1.165) is 37.8 Å². The molecule has 3 N–H and O–H groups in total. The highest BCUT2D eigenvalue weighted by Crippen LogP contribution is 2.04. The van der Waals surface area contributed by atoms with Gasteiger partial charge in [-0.25, -0.2) is 0 Å². The van der Waals surface area contributed by atoms with Crippen LogP contribution in [0.15, 0.2) is 35.3 Å². The van der Waals surface area contributed by atoms with Gasteiger partial charge >= 0.3 is 0 Å². The normalized spacial score (nSPS) is 11.4. The highest BCUT2D eigenvalue weighted by molar-refractivity contribution is 5.94. The predicted molar refractivity (Wildman–Crippen MR) is 101 cm³/mol. The molecule has 0 atom stereocenters. The fourth-order valence-corrected chi connectivity index (χ4v) is 2.29. The molecule has 5 nitrogen and oxygen atoms in total. The number of benzene rings is 1. The molecule has 134 valence electrons. The van der Waals surface area contributed by atoms with Crippen LogP contribution in [0.4, 0.5) is 0 Å². The van der Waals surface area contributed by atoms with Gasteiger partial charge in [-0.05, 0) is 30.9 Å². The van der Waals surface area contributed by atoms with Gasteiger partial charge in [-0.15, -0.1) is 0 Å². The van der Waals surface area contributed by atoms with Crippen LogP contribution in [0.5, 0.6) is 0 Å². The standard InChI is InChI=1S/C19H32N4O/c1-16(2)10-7-8-13-22-19(20-3)23-15-9-14-21-18(24)17-11-5-4-6-12-17/h4-6,11-12,16H,7-10,13-15H2,1-3H3,(H,21,24)(H2,20,22,23). The van der Waals surface area contributed by atoms with E-state index >= 15 is 0 Å². The number of hydrogen-bond acceptors (Lipinski definition) is 2. The molecule has 0 bridgehead atoms. The van der Waals surface area contributed by atoms with Gasteiger partial charge in [0.1, 0.15) is 0 Å². The Labute approximate surface area is 146 Å². The summed E-state index contributed by atoms with van der Waals surface area (Å²) in [5.74, 6) is 1.57. The minimum atomic E-state index is -0.0248. The molecule has 0 aliphatic rings. The van der Waals surface area contributed by atoms with Gasteiger partial charge in [-0.1, -0.05) is 44.9 Å².